The third-order valence-electron chi connectivity index (χ3n) is 2.60. The lowest BCUT2D eigenvalue weighted by Crippen LogP contribution is -2.26. The van der Waals surface area contributed by atoms with Gasteiger partial charge in [-0.3, -0.25) is 4.79 Å². The summed E-state index contributed by atoms with van der Waals surface area (Å²) < 4.78 is 10.7. The van der Waals surface area contributed by atoms with Gasteiger partial charge in [-0.05, 0) is 34.1 Å². The van der Waals surface area contributed by atoms with E-state index < -0.39 is 0 Å². The van der Waals surface area contributed by atoms with E-state index in [1.54, 1.807) is 20.2 Å². The van der Waals surface area contributed by atoms with Crippen LogP contribution in [0.1, 0.15) is 10.4 Å². The van der Waals surface area contributed by atoms with Gasteiger partial charge in [-0.15, -0.1) is 0 Å². The Hall–Kier alpha value is -1.75. The molecule has 1 amide bonds. The largest absolute Gasteiger partial charge is 0.495 e. The number of para-hydroxylation sites is 2. The molecular formula is C13H12BrNO3. The van der Waals surface area contributed by atoms with E-state index >= 15 is 0 Å². The molecule has 1 aromatic carbocycles. The normalized spacial score (nSPS) is 10.2. The summed E-state index contributed by atoms with van der Waals surface area (Å²) in [6, 6.07) is 8.97. The van der Waals surface area contributed by atoms with Crippen molar-refractivity contribution < 1.29 is 13.9 Å². The van der Waals surface area contributed by atoms with Gasteiger partial charge in [0.1, 0.15) is 5.75 Å². The molecular weight excluding hydrogens is 298 g/mol. The van der Waals surface area contributed by atoms with E-state index in [1.165, 1.54) is 11.2 Å². The molecule has 0 fully saturated rings. The van der Waals surface area contributed by atoms with Crippen molar-refractivity contribution in [1.82, 2.24) is 0 Å². The summed E-state index contributed by atoms with van der Waals surface area (Å²) >= 11 is 3.20. The van der Waals surface area contributed by atoms with E-state index in [-0.39, 0.29) is 5.91 Å². The van der Waals surface area contributed by atoms with Crippen molar-refractivity contribution in [2.24, 2.45) is 0 Å². The van der Waals surface area contributed by atoms with Gasteiger partial charge in [0.2, 0.25) is 0 Å². The van der Waals surface area contributed by atoms with Crippen LogP contribution in [0.4, 0.5) is 5.69 Å². The van der Waals surface area contributed by atoms with Crippen LogP contribution >= 0.6 is 15.9 Å². The Morgan fingerprint density at radius 1 is 1.33 bits per heavy atom. The van der Waals surface area contributed by atoms with Gasteiger partial charge in [0.25, 0.3) is 5.91 Å². The Morgan fingerprint density at radius 2 is 2.06 bits per heavy atom. The van der Waals surface area contributed by atoms with E-state index in [9.17, 15) is 4.79 Å². The number of hydrogen-bond acceptors (Lipinski definition) is 3. The van der Waals surface area contributed by atoms with Gasteiger partial charge < -0.3 is 14.1 Å². The van der Waals surface area contributed by atoms with E-state index in [2.05, 4.69) is 15.9 Å². The monoisotopic (exact) mass is 309 g/mol. The van der Waals surface area contributed by atoms with Gasteiger partial charge >= 0.3 is 0 Å². The van der Waals surface area contributed by atoms with Gasteiger partial charge in [0.05, 0.1) is 24.6 Å². The zero-order chi connectivity index (χ0) is 13.1. The number of benzene rings is 1. The third-order valence-corrected chi connectivity index (χ3v) is 3.21. The van der Waals surface area contributed by atoms with Crippen LogP contribution in [0.5, 0.6) is 5.75 Å². The maximum Gasteiger partial charge on any atom is 0.262 e. The highest BCUT2D eigenvalue weighted by Gasteiger charge is 2.20. The molecule has 4 nitrogen and oxygen atoms in total. The Balaban J connectivity index is 2.34. The van der Waals surface area contributed by atoms with Gasteiger partial charge in [-0.2, -0.15) is 0 Å². The number of carbonyl (C=O) groups excluding carboxylic acids is 1. The number of amides is 1. The first-order chi connectivity index (χ1) is 8.65. The highest BCUT2D eigenvalue weighted by atomic mass is 79.9. The molecule has 0 radical (unpaired) electrons. The van der Waals surface area contributed by atoms with E-state index in [0.717, 1.165) is 0 Å². The van der Waals surface area contributed by atoms with E-state index in [1.807, 2.05) is 24.3 Å². The summed E-state index contributed by atoms with van der Waals surface area (Å²) in [6.45, 7) is 0. The molecule has 1 aromatic heterocycles. The van der Waals surface area contributed by atoms with Crippen LogP contribution < -0.4 is 9.64 Å². The summed E-state index contributed by atoms with van der Waals surface area (Å²) in [5.41, 5.74) is 1.18. The summed E-state index contributed by atoms with van der Waals surface area (Å²) in [7, 11) is 3.27. The zero-order valence-corrected chi connectivity index (χ0v) is 11.6. The zero-order valence-electron chi connectivity index (χ0n) is 10.0. The minimum Gasteiger partial charge on any atom is -0.495 e. The molecule has 0 saturated heterocycles. The topological polar surface area (TPSA) is 42.7 Å². The van der Waals surface area contributed by atoms with Crippen LogP contribution in [-0.2, 0) is 0 Å². The molecule has 0 spiro atoms. The number of rotatable bonds is 3. The Labute approximate surface area is 113 Å². The summed E-state index contributed by atoms with van der Waals surface area (Å²) in [5.74, 6) is 0.480. The molecule has 0 aliphatic heterocycles. The average Bonchev–Trinajstić information content (AvgIpc) is 2.83. The van der Waals surface area contributed by atoms with Crippen molar-refractivity contribution in [1.29, 1.82) is 0 Å². The van der Waals surface area contributed by atoms with Crippen LogP contribution in [0.25, 0.3) is 0 Å². The van der Waals surface area contributed by atoms with Gasteiger partial charge in [0.15, 0.2) is 4.67 Å². The molecule has 0 bridgehead atoms. The fourth-order valence-electron chi connectivity index (χ4n) is 1.64. The number of anilines is 1. The second-order valence-corrected chi connectivity index (χ2v) is 4.36. The molecule has 94 valence electrons. The summed E-state index contributed by atoms with van der Waals surface area (Å²) in [4.78, 5) is 13.8. The molecule has 0 saturated carbocycles. The van der Waals surface area contributed by atoms with Crippen LogP contribution in [-0.4, -0.2) is 20.1 Å². The lowest BCUT2D eigenvalue weighted by molar-refractivity contribution is 0.0990. The maximum atomic E-state index is 12.3. The van der Waals surface area contributed by atoms with E-state index in [0.29, 0.717) is 21.7 Å². The van der Waals surface area contributed by atoms with Crippen LogP contribution in [0, 0.1) is 0 Å². The predicted molar refractivity (Wildman–Crippen MR) is 72.1 cm³/mol. The molecule has 2 aromatic rings. The van der Waals surface area contributed by atoms with Gasteiger partial charge in [0, 0.05) is 7.05 Å². The Bertz CT molecular complexity index is 565. The number of furan rings is 1. The Kier molecular flexibility index (Phi) is 3.72. The standard InChI is InChI=1S/C13H12BrNO3/c1-15(10-5-3-4-6-11(10)17-2)13(16)9-7-8-18-12(9)14/h3-8H,1-2H3. The molecule has 1 heterocycles. The first-order valence-corrected chi connectivity index (χ1v) is 6.08. The predicted octanol–water partition coefficient (Wildman–Crippen LogP) is 3.33. The highest BCUT2D eigenvalue weighted by molar-refractivity contribution is 9.10. The quantitative estimate of drug-likeness (QED) is 0.873. The fourth-order valence-corrected chi connectivity index (χ4v) is 2.05. The first kappa shape index (κ1) is 12.7. The number of ether oxygens (including phenoxy) is 1. The van der Waals surface area contributed by atoms with Crippen LogP contribution in [0.2, 0.25) is 0 Å². The lowest BCUT2D eigenvalue weighted by atomic mass is 10.2. The van der Waals surface area contributed by atoms with Crippen molar-refractivity contribution in [3.63, 3.8) is 0 Å². The Morgan fingerprint density at radius 3 is 2.67 bits per heavy atom. The lowest BCUT2D eigenvalue weighted by Gasteiger charge is -2.19. The van der Waals surface area contributed by atoms with Gasteiger partial charge in [-0.25, -0.2) is 0 Å². The van der Waals surface area contributed by atoms with Crippen molar-refractivity contribution in [2.75, 3.05) is 19.1 Å². The molecule has 0 N–H and O–H groups in total. The number of carbonyl (C=O) groups is 1. The van der Waals surface area contributed by atoms with Crippen molar-refractivity contribution >= 4 is 27.5 Å². The number of hydrogen-bond donors (Lipinski definition) is 0. The number of methoxy groups -OCH3 is 1. The summed E-state index contributed by atoms with van der Waals surface area (Å²) in [5, 5.41) is 0. The SMILES string of the molecule is COc1ccccc1N(C)C(=O)c1ccoc1Br. The molecule has 18 heavy (non-hydrogen) atoms. The van der Waals surface area contributed by atoms with Crippen LogP contribution in [0.3, 0.4) is 0 Å². The average molecular weight is 310 g/mol. The minimum absolute atomic E-state index is 0.167. The molecule has 0 unspecified atom stereocenters. The molecule has 0 aliphatic rings. The van der Waals surface area contributed by atoms with Crippen molar-refractivity contribution in [2.45, 2.75) is 0 Å². The smallest absolute Gasteiger partial charge is 0.262 e. The highest BCUT2D eigenvalue weighted by Crippen LogP contribution is 2.29. The molecule has 5 heteroatoms. The second kappa shape index (κ2) is 5.27. The molecule has 2 rings (SSSR count). The summed E-state index contributed by atoms with van der Waals surface area (Å²) in [6.07, 6.45) is 1.47. The second-order valence-electron chi connectivity index (χ2n) is 3.64. The van der Waals surface area contributed by atoms with Crippen molar-refractivity contribution in [3.05, 3.63) is 46.8 Å². The fraction of sp³-hybridized carbons (Fsp3) is 0.154. The first-order valence-electron chi connectivity index (χ1n) is 5.29. The molecule has 0 aliphatic carbocycles. The van der Waals surface area contributed by atoms with Crippen LogP contribution in [0.15, 0.2) is 45.7 Å². The third kappa shape index (κ3) is 2.26. The number of halogens is 1. The molecule has 0 atom stereocenters. The minimum atomic E-state index is -0.167. The van der Waals surface area contributed by atoms with Gasteiger partial charge in [-0.1, -0.05) is 12.1 Å². The van der Waals surface area contributed by atoms with Crippen molar-refractivity contribution in [3.8, 4) is 5.75 Å². The van der Waals surface area contributed by atoms with E-state index in [4.69, 9.17) is 9.15 Å². The maximum absolute atomic E-state index is 12.3. The number of nitrogens with zero attached hydrogens (tertiary/aromatic N) is 1.